The van der Waals surface area contributed by atoms with E-state index in [0.29, 0.717) is 22.6 Å². The predicted octanol–water partition coefficient (Wildman–Crippen LogP) is 5.75. The fourth-order valence-electron chi connectivity index (χ4n) is 3.23. The van der Waals surface area contributed by atoms with Crippen LogP contribution >= 0.6 is 11.3 Å². The smallest absolute Gasteiger partial charge is 0.263 e. The minimum absolute atomic E-state index is 0.0856. The van der Waals surface area contributed by atoms with Crippen LogP contribution in [0.25, 0.3) is 16.4 Å². The number of hydrogen-bond donors (Lipinski definition) is 1. The van der Waals surface area contributed by atoms with Gasteiger partial charge in [-0.15, -0.1) is 11.3 Å². The Morgan fingerprint density at radius 3 is 2.50 bits per heavy atom. The van der Waals surface area contributed by atoms with Gasteiger partial charge in [-0.2, -0.15) is 9.78 Å². The minimum atomic E-state index is -0.255. The van der Waals surface area contributed by atoms with Crippen molar-refractivity contribution in [1.29, 1.82) is 0 Å². The summed E-state index contributed by atoms with van der Waals surface area (Å²) in [7, 11) is 0. The number of aromatic nitrogens is 3. The van der Waals surface area contributed by atoms with Gasteiger partial charge in [0.1, 0.15) is 11.6 Å². The van der Waals surface area contributed by atoms with Gasteiger partial charge in [0, 0.05) is 17.0 Å². The molecule has 0 saturated carbocycles. The van der Waals surface area contributed by atoms with Crippen LogP contribution in [0.5, 0.6) is 5.75 Å². The third-order valence-corrected chi connectivity index (χ3v) is 5.85. The molecule has 0 bridgehead atoms. The first-order valence-corrected chi connectivity index (χ1v) is 11.4. The molecule has 2 heterocycles. The Hall–Kier alpha value is -3.45. The van der Waals surface area contributed by atoms with Crippen molar-refractivity contribution >= 4 is 23.1 Å². The highest BCUT2D eigenvalue weighted by Gasteiger charge is 2.15. The lowest BCUT2D eigenvalue weighted by atomic mass is 10.0. The standard InChI is InChI=1S/C25H26N4O2S/c1-16(2)19-9-11-21(12-10-19)31-14-24(30)27-23-13-18(4)28-29(23)25-26-22(15-32-25)20-7-5-17(3)6-8-20/h5-13,15-16H,14H2,1-4H3,(H,27,30). The van der Waals surface area contributed by atoms with Gasteiger partial charge in [0.15, 0.2) is 6.61 Å². The molecule has 4 rings (SSSR count). The third kappa shape index (κ3) is 5.06. The lowest BCUT2D eigenvalue weighted by molar-refractivity contribution is -0.118. The maximum Gasteiger partial charge on any atom is 0.263 e. The molecule has 0 saturated heterocycles. The van der Waals surface area contributed by atoms with Crippen LogP contribution in [0.2, 0.25) is 0 Å². The molecule has 0 aliphatic carbocycles. The van der Waals surface area contributed by atoms with Crippen LogP contribution in [-0.2, 0) is 4.79 Å². The number of amides is 1. The zero-order valence-electron chi connectivity index (χ0n) is 18.6. The minimum Gasteiger partial charge on any atom is -0.484 e. The van der Waals surface area contributed by atoms with Gasteiger partial charge >= 0.3 is 0 Å². The van der Waals surface area contributed by atoms with Crippen LogP contribution in [-0.4, -0.2) is 27.3 Å². The predicted molar refractivity (Wildman–Crippen MR) is 129 cm³/mol. The van der Waals surface area contributed by atoms with E-state index in [4.69, 9.17) is 9.72 Å². The van der Waals surface area contributed by atoms with Gasteiger partial charge in [-0.3, -0.25) is 4.79 Å². The summed E-state index contributed by atoms with van der Waals surface area (Å²) in [6, 6.07) is 17.9. The molecule has 2 aromatic heterocycles. The van der Waals surface area contributed by atoms with Crippen LogP contribution < -0.4 is 10.1 Å². The first-order valence-electron chi connectivity index (χ1n) is 10.5. The molecule has 32 heavy (non-hydrogen) atoms. The summed E-state index contributed by atoms with van der Waals surface area (Å²) >= 11 is 1.48. The SMILES string of the molecule is Cc1ccc(-c2csc(-n3nc(C)cc3NC(=O)COc3ccc(C(C)C)cc3)n2)cc1. The van der Waals surface area contributed by atoms with Crippen molar-refractivity contribution in [3.63, 3.8) is 0 Å². The quantitative estimate of drug-likeness (QED) is 0.392. The van der Waals surface area contributed by atoms with E-state index in [1.54, 1.807) is 4.68 Å². The maximum atomic E-state index is 12.5. The van der Waals surface area contributed by atoms with E-state index in [2.05, 4.69) is 55.5 Å². The van der Waals surface area contributed by atoms with Crippen molar-refractivity contribution in [3.8, 4) is 22.1 Å². The number of nitrogens with zero attached hydrogens (tertiary/aromatic N) is 3. The first kappa shape index (κ1) is 21.8. The Labute approximate surface area is 191 Å². The number of aryl methyl sites for hydroxylation is 2. The lowest BCUT2D eigenvalue weighted by Crippen LogP contribution is -2.21. The van der Waals surface area contributed by atoms with E-state index in [-0.39, 0.29) is 12.5 Å². The zero-order valence-corrected chi connectivity index (χ0v) is 19.4. The second-order valence-electron chi connectivity index (χ2n) is 8.02. The molecule has 0 atom stereocenters. The molecule has 1 N–H and O–H groups in total. The third-order valence-electron chi connectivity index (χ3n) is 5.04. The fraction of sp³-hybridized carbons (Fsp3) is 0.240. The number of nitrogens with one attached hydrogen (secondary N) is 1. The molecule has 0 fully saturated rings. The molecule has 0 aliphatic heterocycles. The lowest BCUT2D eigenvalue weighted by Gasteiger charge is -2.10. The Bertz CT molecular complexity index is 1210. The molecule has 164 valence electrons. The summed E-state index contributed by atoms with van der Waals surface area (Å²) in [6.45, 7) is 8.13. The van der Waals surface area contributed by atoms with Gasteiger partial charge in [0.25, 0.3) is 5.91 Å². The Kier molecular flexibility index (Phi) is 6.37. The number of rotatable bonds is 7. The van der Waals surface area contributed by atoms with Crippen molar-refractivity contribution in [2.75, 3.05) is 11.9 Å². The van der Waals surface area contributed by atoms with Gasteiger partial charge in [-0.25, -0.2) is 4.98 Å². The van der Waals surface area contributed by atoms with Crippen molar-refractivity contribution in [2.45, 2.75) is 33.6 Å². The maximum absolute atomic E-state index is 12.5. The Balaban J connectivity index is 1.44. The number of carbonyl (C=O) groups is 1. The summed E-state index contributed by atoms with van der Waals surface area (Å²) in [6.07, 6.45) is 0. The topological polar surface area (TPSA) is 69.0 Å². The molecule has 0 unspecified atom stereocenters. The van der Waals surface area contributed by atoms with E-state index in [9.17, 15) is 4.79 Å². The molecule has 6 nitrogen and oxygen atoms in total. The monoisotopic (exact) mass is 446 g/mol. The molecular formula is C25H26N4O2S. The van der Waals surface area contributed by atoms with Crippen LogP contribution in [0.3, 0.4) is 0 Å². The van der Waals surface area contributed by atoms with Crippen molar-refractivity contribution in [2.24, 2.45) is 0 Å². The molecular weight excluding hydrogens is 420 g/mol. The van der Waals surface area contributed by atoms with E-state index in [1.165, 1.54) is 22.5 Å². The van der Waals surface area contributed by atoms with Crippen molar-refractivity contribution in [1.82, 2.24) is 14.8 Å². The fourth-order valence-corrected chi connectivity index (χ4v) is 4.03. The van der Waals surface area contributed by atoms with E-state index < -0.39 is 0 Å². The normalized spacial score (nSPS) is 11.0. The summed E-state index contributed by atoms with van der Waals surface area (Å²) in [5, 5.41) is 10.1. The summed E-state index contributed by atoms with van der Waals surface area (Å²) in [5.74, 6) is 1.43. The van der Waals surface area contributed by atoms with Gasteiger partial charge < -0.3 is 10.1 Å². The number of carbonyl (C=O) groups excluding carboxylic acids is 1. The highest BCUT2D eigenvalue weighted by atomic mass is 32.1. The van der Waals surface area contributed by atoms with E-state index in [0.717, 1.165) is 17.0 Å². The number of ether oxygens (including phenoxy) is 1. The van der Waals surface area contributed by atoms with Crippen LogP contribution in [0.1, 0.15) is 36.6 Å². The average Bonchev–Trinajstić information content (AvgIpc) is 3.40. The van der Waals surface area contributed by atoms with Gasteiger partial charge in [0.2, 0.25) is 5.13 Å². The van der Waals surface area contributed by atoms with Gasteiger partial charge in [-0.1, -0.05) is 55.8 Å². The second-order valence-corrected chi connectivity index (χ2v) is 8.86. The number of hydrogen-bond acceptors (Lipinski definition) is 5. The molecule has 4 aromatic rings. The van der Waals surface area contributed by atoms with Crippen molar-refractivity contribution < 1.29 is 9.53 Å². The van der Waals surface area contributed by atoms with Gasteiger partial charge in [-0.05, 0) is 37.5 Å². The first-order chi connectivity index (χ1) is 15.4. The highest BCUT2D eigenvalue weighted by molar-refractivity contribution is 7.12. The highest BCUT2D eigenvalue weighted by Crippen LogP contribution is 2.26. The number of anilines is 1. The Morgan fingerprint density at radius 2 is 1.81 bits per heavy atom. The molecule has 7 heteroatoms. The Morgan fingerprint density at radius 1 is 1.09 bits per heavy atom. The average molecular weight is 447 g/mol. The second kappa shape index (κ2) is 9.36. The summed E-state index contributed by atoms with van der Waals surface area (Å²) < 4.78 is 7.30. The van der Waals surface area contributed by atoms with E-state index in [1.807, 2.05) is 42.6 Å². The van der Waals surface area contributed by atoms with Crippen molar-refractivity contribution in [3.05, 3.63) is 76.8 Å². The molecule has 0 radical (unpaired) electrons. The molecule has 0 spiro atoms. The zero-order chi connectivity index (χ0) is 22.7. The largest absolute Gasteiger partial charge is 0.484 e. The molecule has 0 aliphatic rings. The van der Waals surface area contributed by atoms with Crippen LogP contribution in [0.15, 0.2) is 60.0 Å². The van der Waals surface area contributed by atoms with Crippen LogP contribution in [0.4, 0.5) is 5.82 Å². The number of thiazole rings is 1. The molecule has 2 aromatic carbocycles. The van der Waals surface area contributed by atoms with E-state index >= 15 is 0 Å². The summed E-state index contributed by atoms with van der Waals surface area (Å²) in [5.41, 5.74) is 5.15. The summed E-state index contributed by atoms with van der Waals surface area (Å²) in [4.78, 5) is 17.2. The molecule has 1 amide bonds. The number of benzene rings is 2. The van der Waals surface area contributed by atoms with Gasteiger partial charge in [0.05, 0.1) is 11.4 Å². The van der Waals surface area contributed by atoms with Crippen LogP contribution in [0, 0.1) is 13.8 Å².